The van der Waals surface area contributed by atoms with Crippen molar-refractivity contribution in [2.24, 2.45) is 5.92 Å². The Morgan fingerprint density at radius 2 is 1.26 bits per heavy atom. The molecule has 0 aliphatic heterocycles. The minimum absolute atomic E-state index is 0.00800. The molecule has 47 heavy (non-hydrogen) atoms. The maximum atomic E-state index is 6.42. The van der Waals surface area contributed by atoms with Crippen LogP contribution in [0.3, 0.4) is 0 Å². The molecule has 0 heterocycles. The van der Waals surface area contributed by atoms with Crippen LogP contribution < -0.4 is 19.7 Å². The first-order chi connectivity index (χ1) is 22.1. The summed E-state index contributed by atoms with van der Waals surface area (Å²) in [5, 5.41) is 3.27. The number of nitrogens with zero attached hydrogens (tertiary/aromatic N) is 2. The molecule has 1 aliphatic rings. The molecular weight excluding hydrogens is 752 g/mol. The molecule has 0 fully saturated rings. The fourth-order valence-electron chi connectivity index (χ4n) is 7.67. The van der Waals surface area contributed by atoms with E-state index in [-0.39, 0.29) is 5.41 Å². The van der Waals surface area contributed by atoms with E-state index in [1.807, 2.05) is 7.11 Å². The number of para-hydroxylation sites is 2. The first-order valence-electron chi connectivity index (χ1n) is 17.1. The zero-order valence-corrected chi connectivity index (χ0v) is 34.4. The van der Waals surface area contributed by atoms with Crippen molar-refractivity contribution in [2.45, 2.75) is 85.1 Å². The Morgan fingerprint density at radius 1 is 0.766 bits per heavy atom. The number of methoxy groups -OCH3 is 1. The van der Waals surface area contributed by atoms with Gasteiger partial charge in [0, 0.05) is 0 Å². The van der Waals surface area contributed by atoms with Gasteiger partial charge in [-0.15, -0.1) is 0 Å². The first kappa shape index (κ1) is 37.8. The Morgan fingerprint density at radius 3 is 1.68 bits per heavy atom. The van der Waals surface area contributed by atoms with E-state index in [9.17, 15) is 0 Å². The van der Waals surface area contributed by atoms with Crippen molar-refractivity contribution in [2.75, 3.05) is 45.1 Å². The molecule has 1 unspecified atom stereocenters. The average Bonchev–Trinajstić information content (AvgIpc) is 3.25. The Hall–Kier alpha value is -2.01. The Balaban J connectivity index is 1.92. The van der Waals surface area contributed by atoms with Crippen LogP contribution in [0.4, 0.5) is 11.4 Å². The molecule has 0 spiro atoms. The van der Waals surface area contributed by atoms with Crippen LogP contribution in [0.15, 0.2) is 78.8 Å². The number of anilines is 2. The van der Waals surface area contributed by atoms with Gasteiger partial charge in [-0.3, -0.25) is 0 Å². The normalized spacial score (nSPS) is 15.8. The summed E-state index contributed by atoms with van der Waals surface area (Å²) in [5.41, 5.74) is 11.5. The van der Waals surface area contributed by atoms with E-state index < -0.39 is 39.2 Å². The van der Waals surface area contributed by atoms with Crippen LogP contribution in [-0.4, -0.2) is 43.4 Å². The molecule has 5 heteroatoms. The van der Waals surface area contributed by atoms with E-state index in [0.717, 1.165) is 11.0 Å². The van der Waals surface area contributed by atoms with Gasteiger partial charge in [0.15, 0.2) is 0 Å². The van der Waals surface area contributed by atoms with Gasteiger partial charge in [0.2, 0.25) is 0 Å². The number of aryl methyl sites for hydroxylation is 1. The molecule has 4 rings (SSSR count). The third-order valence-electron chi connectivity index (χ3n) is 10.1. The van der Waals surface area contributed by atoms with Crippen molar-refractivity contribution in [3.05, 3.63) is 101 Å². The predicted molar refractivity (Wildman–Crippen MR) is 206 cm³/mol. The van der Waals surface area contributed by atoms with Crippen molar-refractivity contribution in [1.82, 2.24) is 0 Å². The number of allylic oxidation sites excluding steroid dienone is 4. The number of ether oxygens (including phenoxy) is 1. The monoisotopic (exact) mass is 812 g/mol. The molecule has 0 saturated carbocycles. The van der Waals surface area contributed by atoms with E-state index in [1.54, 1.807) is 18.1 Å². The summed E-state index contributed by atoms with van der Waals surface area (Å²) in [6.07, 6.45) is 0. The second-order valence-electron chi connectivity index (χ2n) is 14.6. The van der Waals surface area contributed by atoms with Gasteiger partial charge in [-0.2, -0.15) is 0 Å². The zero-order valence-electron chi connectivity index (χ0n) is 31.7. The van der Waals surface area contributed by atoms with Gasteiger partial charge in [0.1, 0.15) is 0 Å². The van der Waals surface area contributed by atoms with Crippen molar-refractivity contribution in [1.29, 1.82) is 0 Å². The van der Waals surface area contributed by atoms with Crippen LogP contribution in [0.5, 0.6) is 5.75 Å². The number of hydrogen-bond donors (Lipinski definition) is 0. The van der Waals surface area contributed by atoms with Crippen LogP contribution in [0, 0.1) is 44.0 Å². The van der Waals surface area contributed by atoms with E-state index in [2.05, 4.69) is 161 Å². The SMILES string of the molecule is CC[Si](CC)(C1=C(C)C(C)=[C]([Lu]([CH2]c2ccccc2N(C)C)[CH2]c2ccccc2N(C)C)C1C)c1cc(C)cc(C(C)(C)C)c1OC. The fraction of sp³-hybridized carbons (Fsp3) is 0.476. The van der Waals surface area contributed by atoms with Crippen LogP contribution >= 0.6 is 0 Å². The topological polar surface area (TPSA) is 15.7 Å². The summed E-state index contributed by atoms with van der Waals surface area (Å²) in [4.78, 5) is 4.59. The summed E-state index contributed by atoms with van der Waals surface area (Å²) < 4.78 is 10.4. The predicted octanol–water partition coefficient (Wildman–Crippen LogP) is 9.93. The molecule has 1 aliphatic carbocycles. The molecule has 0 saturated heterocycles. The molecule has 0 aromatic heterocycles. The number of rotatable bonds is 12. The summed E-state index contributed by atoms with van der Waals surface area (Å²) in [5.74, 6) is 1.57. The molecule has 264 valence electrons. The molecule has 1 atom stereocenters. The molecule has 3 aromatic carbocycles. The molecule has 0 N–H and O–H groups in total. The van der Waals surface area contributed by atoms with Crippen molar-refractivity contribution < 1.29 is 35.9 Å². The van der Waals surface area contributed by atoms with Gasteiger partial charge < -0.3 is 0 Å². The second-order valence-corrected chi connectivity index (χ2v) is 23.4. The molecular formula is C42H61LuN2OSi. The molecule has 3 aromatic rings. The van der Waals surface area contributed by atoms with Crippen LogP contribution in [0.25, 0.3) is 0 Å². The van der Waals surface area contributed by atoms with Crippen LogP contribution in [0.2, 0.25) is 12.1 Å². The first-order valence-corrected chi connectivity index (χ1v) is 22.7. The van der Waals surface area contributed by atoms with Gasteiger partial charge >= 0.3 is 303 Å². The summed E-state index contributed by atoms with van der Waals surface area (Å²) in [7, 11) is 8.46. The molecule has 3 nitrogen and oxygen atoms in total. The summed E-state index contributed by atoms with van der Waals surface area (Å²) in [6.45, 7) is 21.7. The summed E-state index contributed by atoms with van der Waals surface area (Å²) >= 11 is -1.16. The zero-order chi connectivity index (χ0) is 34.8. The van der Waals surface area contributed by atoms with Crippen molar-refractivity contribution in [3.8, 4) is 5.75 Å². The van der Waals surface area contributed by atoms with Gasteiger partial charge in [0.05, 0.1) is 0 Å². The van der Waals surface area contributed by atoms with Crippen molar-refractivity contribution >= 4 is 24.6 Å². The van der Waals surface area contributed by atoms with Gasteiger partial charge in [0.25, 0.3) is 0 Å². The second kappa shape index (κ2) is 15.3. The Bertz CT molecular complexity index is 1590. The van der Waals surface area contributed by atoms with Gasteiger partial charge in [-0.1, -0.05) is 0 Å². The fourth-order valence-corrected chi connectivity index (χ4v) is 19.0. The Labute approximate surface area is 301 Å². The third-order valence-corrected chi connectivity index (χ3v) is 21.0. The number of hydrogen-bond acceptors (Lipinski definition) is 3. The van der Waals surface area contributed by atoms with Gasteiger partial charge in [-0.25, -0.2) is 0 Å². The van der Waals surface area contributed by atoms with E-state index >= 15 is 0 Å². The molecule has 0 amide bonds. The van der Waals surface area contributed by atoms with Gasteiger partial charge in [-0.05, 0) is 0 Å². The Kier molecular flexibility index (Phi) is 12.3. The number of benzene rings is 3. The average molecular weight is 813 g/mol. The minimum atomic E-state index is -2.18. The van der Waals surface area contributed by atoms with Crippen LogP contribution in [-0.2, 0) is 10.7 Å². The van der Waals surface area contributed by atoms with Crippen LogP contribution in [0.1, 0.15) is 77.6 Å². The van der Waals surface area contributed by atoms with Crippen molar-refractivity contribution in [3.63, 3.8) is 0 Å². The van der Waals surface area contributed by atoms with E-state index in [4.69, 9.17) is 4.74 Å². The van der Waals surface area contributed by atoms with E-state index in [1.165, 1.54) is 50.9 Å². The quantitative estimate of drug-likeness (QED) is 0.170. The summed E-state index contributed by atoms with van der Waals surface area (Å²) in [6, 6.07) is 25.4. The standard InChI is InChI=1S/C24H37OSi.2C9H12N.Lu/c1-11-26(12-2,23-18(5)15-17(4)19(23)6)21-14-16(3)13-20(22(21)25-10)24(7,8)9;2*1-8-6-4-5-7-9(8)10(2)3;/h13-14,18H,11-12H2,1-10H3;2*4-7H,1H2,2-3H3;. The third kappa shape index (κ3) is 7.46. The molecule has 0 bridgehead atoms. The van der Waals surface area contributed by atoms with E-state index in [0.29, 0.717) is 5.92 Å². The molecule has 0 radical (unpaired) electrons. The maximum absolute atomic E-state index is 6.42.